The van der Waals surface area contributed by atoms with Gasteiger partial charge in [0.2, 0.25) is 15.8 Å². The second-order valence-electron chi connectivity index (χ2n) is 11.4. The van der Waals surface area contributed by atoms with Crippen molar-refractivity contribution in [1.29, 1.82) is 0 Å². The van der Waals surface area contributed by atoms with Crippen LogP contribution in [-0.4, -0.2) is 30.4 Å². The maximum Gasteiger partial charge on any atom is 0.449 e. The van der Waals surface area contributed by atoms with Crippen LogP contribution in [0.5, 0.6) is 0 Å². The minimum atomic E-state index is -4.70. The van der Waals surface area contributed by atoms with Crippen LogP contribution < -0.4 is 0 Å². The van der Waals surface area contributed by atoms with E-state index in [4.69, 9.17) is 9.15 Å². The van der Waals surface area contributed by atoms with Crippen LogP contribution in [0.25, 0.3) is 11.1 Å². The van der Waals surface area contributed by atoms with E-state index in [-0.39, 0.29) is 23.8 Å². The van der Waals surface area contributed by atoms with E-state index in [1.807, 2.05) is 12.1 Å². The molecule has 3 aromatic carbocycles. The fourth-order valence-electron chi connectivity index (χ4n) is 5.27. The van der Waals surface area contributed by atoms with Gasteiger partial charge in [0.05, 0.1) is 30.1 Å². The van der Waals surface area contributed by atoms with Gasteiger partial charge < -0.3 is 14.3 Å². The van der Waals surface area contributed by atoms with E-state index in [0.717, 1.165) is 33.1 Å². The number of rotatable bonds is 9. The first-order valence-electron chi connectivity index (χ1n) is 14.0. The minimum absolute atomic E-state index is 0.129. The Morgan fingerprint density at radius 1 is 0.955 bits per heavy atom. The first-order valence-corrected chi connectivity index (χ1v) is 15.4. The van der Waals surface area contributed by atoms with Gasteiger partial charge in [-0.25, -0.2) is 8.42 Å². The number of carboxylic acid groups (broad SMARTS) is 1. The van der Waals surface area contributed by atoms with E-state index in [9.17, 15) is 31.5 Å². The highest BCUT2D eigenvalue weighted by Crippen LogP contribution is 2.35. The summed E-state index contributed by atoms with van der Waals surface area (Å²) in [7, 11) is -4.21. The molecule has 0 bridgehead atoms. The molecule has 1 N–H and O–H groups in total. The first-order chi connectivity index (χ1) is 20.7. The number of sulfonamides is 1. The molecule has 0 aliphatic carbocycles. The Morgan fingerprint density at radius 3 is 2.34 bits per heavy atom. The molecule has 7 nitrogen and oxygen atoms in total. The Kier molecular flexibility index (Phi) is 8.50. The summed E-state index contributed by atoms with van der Waals surface area (Å²) in [6, 6.07) is 19.8. The van der Waals surface area contributed by atoms with E-state index < -0.39 is 39.9 Å². The van der Waals surface area contributed by atoms with Gasteiger partial charge in [-0.3, -0.25) is 4.79 Å². The van der Waals surface area contributed by atoms with Crippen molar-refractivity contribution in [3.05, 3.63) is 112 Å². The summed E-state index contributed by atoms with van der Waals surface area (Å²) in [6.45, 7) is 5.05. The first kappa shape index (κ1) is 31.5. The summed E-state index contributed by atoms with van der Waals surface area (Å²) in [6.07, 6.45) is -4.31. The van der Waals surface area contributed by atoms with Gasteiger partial charge >= 0.3 is 12.1 Å². The van der Waals surface area contributed by atoms with Gasteiger partial charge in [0.25, 0.3) is 0 Å². The minimum Gasteiger partial charge on any atom is -0.481 e. The second-order valence-corrected chi connectivity index (χ2v) is 13.3. The highest BCUT2D eigenvalue weighted by molar-refractivity contribution is 7.89. The number of fused-ring (bicyclic) bond motifs is 1. The van der Waals surface area contributed by atoms with Gasteiger partial charge in [0.1, 0.15) is 5.76 Å². The lowest BCUT2D eigenvalue weighted by Crippen LogP contribution is -2.32. The summed E-state index contributed by atoms with van der Waals surface area (Å²) in [5.41, 5.74) is 3.66. The predicted molar refractivity (Wildman–Crippen MR) is 157 cm³/mol. The predicted octanol–water partition coefficient (Wildman–Crippen LogP) is 7.10. The molecule has 0 fully saturated rings. The molecule has 1 aliphatic heterocycles. The Bertz CT molecular complexity index is 1790. The SMILES string of the molecule is Cc1ccc2c(c1S(=O)(=O)N(Cc1ccc(-c3cccc(C(C)(C)C(=O)O)c3)cc1)Cc1ccc(C(F)(F)F)o1)CCOC2. The summed E-state index contributed by atoms with van der Waals surface area (Å²) < 4.78 is 80.1. The maximum atomic E-state index is 14.3. The summed E-state index contributed by atoms with van der Waals surface area (Å²) >= 11 is 0. The normalized spacial score (nSPS) is 14.1. The number of alkyl halides is 3. The number of aliphatic carboxylic acids is 1. The zero-order valence-corrected chi connectivity index (χ0v) is 25.3. The number of nitrogens with zero attached hydrogens (tertiary/aromatic N) is 1. The lowest BCUT2D eigenvalue weighted by Gasteiger charge is -2.27. The Balaban J connectivity index is 1.50. The third kappa shape index (κ3) is 6.31. The van der Waals surface area contributed by atoms with Crippen molar-refractivity contribution in [2.45, 2.75) is 63.4 Å². The van der Waals surface area contributed by atoms with Crippen molar-refractivity contribution in [2.24, 2.45) is 0 Å². The molecule has 0 atom stereocenters. The highest BCUT2D eigenvalue weighted by Gasteiger charge is 2.36. The lowest BCUT2D eigenvalue weighted by molar-refractivity contribution is -0.153. The number of furan rings is 1. The van der Waals surface area contributed by atoms with E-state index in [0.29, 0.717) is 35.3 Å². The van der Waals surface area contributed by atoms with Gasteiger partial charge in [-0.1, -0.05) is 60.7 Å². The molecule has 232 valence electrons. The number of carbonyl (C=O) groups is 1. The molecule has 5 rings (SSSR count). The summed E-state index contributed by atoms with van der Waals surface area (Å²) in [4.78, 5) is 11.9. The van der Waals surface area contributed by atoms with Crippen LogP contribution in [-0.2, 0) is 57.3 Å². The fraction of sp³-hybridized carbons (Fsp3) is 0.303. The number of ether oxygens (including phenoxy) is 1. The molecular weight excluding hydrogens is 595 g/mol. The number of carboxylic acids is 1. The van der Waals surface area contributed by atoms with Crippen molar-refractivity contribution in [1.82, 2.24) is 4.31 Å². The van der Waals surface area contributed by atoms with Crippen molar-refractivity contribution < 1.29 is 40.6 Å². The standard InChI is InChI=1S/C33H32F3NO6S/c1-21-7-10-25-20-42-16-15-28(25)30(21)44(40,41)37(19-27-13-14-29(43-27)33(34,35)36)18-22-8-11-23(12-9-22)24-5-4-6-26(17-24)32(2,3)31(38)39/h4-14,17H,15-16,18-20H2,1-3H3,(H,38,39). The number of hydrogen-bond donors (Lipinski definition) is 1. The average molecular weight is 628 g/mol. The van der Waals surface area contributed by atoms with Crippen LogP contribution in [0.1, 0.15) is 53.2 Å². The zero-order chi connectivity index (χ0) is 31.9. The van der Waals surface area contributed by atoms with Crippen molar-refractivity contribution >= 4 is 16.0 Å². The quantitative estimate of drug-likeness (QED) is 0.213. The molecule has 11 heteroatoms. The molecular formula is C33H32F3NO6S. The van der Waals surface area contributed by atoms with Gasteiger partial charge in [-0.15, -0.1) is 0 Å². The smallest absolute Gasteiger partial charge is 0.449 e. The van der Waals surface area contributed by atoms with E-state index in [2.05, 4.69) is 0 Å². The number of benzene rings is 3. The van der Waals surface area contributed by atoms with Crippen LogP contribution in [0.2, 0.25) is 0 Å². The molecule has 0 saturated carbocycles. The largest absolute Gasteiger partial charge is 0.481 e. The van der Waals surface area contributed by atoms with Gasteiger partial charge in [0, 0.05) is 6.54 Å². The molecule has 44 heavy (non-hydrogen) atoms. The molecule has 0 saturated heterocycles. The Morgan fingerprint density at radius 2 is 1.68 bits per heavy atom. The molecule has 1 aliphatic rings. The van der Waals surface area contributed by atoms with Gasteiger partial charge in [-0.2, -0.15) is 17.5 Å². The molecule has 0 spiro atoms. The highest BCUT2D eigenvalue weighted by atomic mass is 32.2. The molecule has 0 radical (unpaired) electrons. The van der Waals surface area contributed by atoms with Crippen molar-refractivity contribution in [2.75, 3.05) is 6.61 Å². The second kappa shape index (κ2) is 11.9. The van der Waals surface area contributed by atoms with Crippen molar-refractivity contribution in [3.8, 4) is 11.1 Å². The van der Waals surface area contributed by atoms with E-state index in [1.54, 1.807) is 69.3 Å². The van der Waals surface area contributed by atoms with Gasteiger partial charge in [0.15, 0.2) is 0 Å². The number of halogens is 3. The summed E-state index contributed by atoms with van der Waals surface area (Å²) in [5, 5.41) is 9.63. The molecule has 1 aromatic heterocycles. The van der Waals surface area contributed by atoms with Crippen LogP contribution in [0, 0.1) is 6.92 Å². The lowest BCUT2D eigenvalue weighted by atomic mass is 9.83. The number of aryl methyl sites for hydroxylation is 1. The molecule has 0 unspecified atom stereocenters. The fourth-order valence-corrected chi connectivity index (χ4v) is 7.17. The van der Waals surface area contributed by atoms with Crippen LogP contribution >= 0.6 is 0 Å². The van der Waals surface area contributed by atoms with Crippen molar-refractivity contribution in [3.63, 3.8) is 0 Å². The van der Waals surface area contributed by atoms with Gasteiger partial charge in [-0.05, 0) is 78.3 Å². The van der Waals surface area contributed by atoms with E-state index in [1.165, 1.54) is 0 Å². The zero-order valence-electron chi connectivity index (χ0n) is 24.4. The monoisotopic (exact) mass is 627 g/mol. The molecule has 2 heterocycles. The Hall–Kier alpha value is -3.93. The average Bonchev–Trinajstić information content (AvgIpc) is 3.46. The third-order valence-electron chi connectivity index (χ3n) is 7.94. The topological polar surface area (TPSA) is 97.1 Å². The molecule has 0 amide bonds. The molecule has 4 aromatic rings. The number of hydrogen-bond acceptors (Lipinski definition) is 5. The van der Waals surface area contributed by atoms with Crippen LogP contribution in [0.3, 0.4) is 0 Å². The third-order valence-corrected chi connectivity index (χ3v) is 9.97. The van der Waals surface area contributed by atoms with E-state index >= 15 is 0 Å². The Labute approximate surface area is 253 Å². The van der Waals surface area contributed by atoms with Crippen LogP contribution in [0.15, 0.2) is 82.1 Å². The summed E-state index contributed by atoms with van der Waals surface area (Å²) in [5.74, 6) is -2.29. The van der Waals surface area contributed by atoms with Crippen LogP contribution in [0.4, 0.5) is 13.2 Å². The maximum absolute atomic E-state index is 14.3.